The molecule has 0 fully saturated rings. The highest BCUT2D eigenvalue weighted by Crippen LogP contribution is 2.15. The molecular formula is C13H12FNOS. The van der Waals surface area contributed by atoms with Gasteiger partial charge in [-0.1, -0.05) is 6.07 Å². The highest BCUT2D eigenvalue weighted by atomic mass is 32.1. The molecule has 17 heavy (non-hydrogen) atoms. The summed E-state index contributed by atoms with van der Waals surface area (Å²) >= 11 is 1.51. The van der Waals surface area contributed by atoms with E-state index in [4.69, 9.17) is 0 Å². The lowest BCUT2D eigenvalue weighted by molar-refractivity contribution is 0.0991. The number of nitrogens with zero attached hydrogens (tertiary/aromatic N) is 1. The summed E-state index contributed by atoms with van der Waals surface area (Å²) in [6.07, 6.45) is 0.231. The van der Waals surface area contributed by atoms with Crippen molar-refractivity contribution in [2.24, 2.45) is 0 Å². The molecule has 1 aromatic heterocycles. The number of rotatable bonds is 3. The first-order valence-electron chi connectivity index (χ1n) is 5.26. The summed E-state index contributed by atoms with van der Waals surface area (Å²) in [5, 5.41) is 2.80. The number of aryl methyl sites for hydroxylation is 2. The van der Waals surface area contributed by atoms with Crippen molar-refractivity contribution in [3.63, 3.8) is 0 Å². The Hall–Kier alpha value is -1.55. The fourth-order valence-corrected chi connectivity index (χ4v) is 2.26. The van der Waals surface area contributed by atoms with Crippen molar-refractivity contribution in [1.82, 2.24) is 4.98 Å². The number of hydrogen-bond donors (Lipinski definition) is 0. The Bertz CT molecular complexity index is 562. The molecule has 2 aromatic rings. The standard InChI is InChI=1S/C13H12FNOS/c1-8-3-4-10(14)5-12(8)13(16)6-11-7-17-9(2)15-11/h3-5,7H,6H2,1-2H3. The molecule has 2 nitrogen and oxygen atoms in total. The molecule has 0 radical (unpaired) electrons. The molecule has 0 amide bonds. The Morgan fingerprint density at radius 1 is 1.41 bits per heavy atom. The van der Waals surface area contributed by atoms with Crippen LogP contribution in [-0.2, 0) is 6.42 Å². The molecule has 2 rings (SSSR count). The molecule has 0 spiro atoms. The average molecular weight is 249 g/mol. The summed E-state index contributed by atoms with van der Waals surface area (Å²) in [5.74, 6) is -0.472. The maximum atomic E-state index is 13.1. The topological polar surface area (TPSA) is 30.0 Å². The number of carbonyl (C=O) groups is 1. The Morgan fingerprint density at radius 2 is 2.18 bits per heavy atom. The molecule has 88 valence electrons. The van der Waals surface area contributed by atoms with E-state index in [1.54, 1.807) is 13.0 Å². The maximum Gasteiger partial charge on any atom is 0.169 e. The zero-order valence-corrected chi connectivity index (χ0v) is 10.5. The fraction of sp³-hybridized carbons (Fsp3) is 0.231. The number of Topliss-reactive ketones (excluding diaryl/α,β-unsaturated/α-hetero) is 1. The van der Waals surface area contributed by atoms with E-state index in [-0.39, 0.29) is 18.0 Å². The number of benzene rings is 1. The van der Waals surface area contributed by atoms with Crippen LogP contribution in [0.15, 0.2) is 23.6 Å². The minimum Gasteiger partial charge on any atom is -0.294 e. The number of carbonyl (C=O) groups excluding carboxylic acids is 1. The highest BCUT2D eigenvalue weighted by Gasteiger charge is 2.12. The van der Waals surface area contributed by atoms with E-state index in [2.05, 4.69) is 4.98 Å². The quantitative estimate of drug-likeness (QED) is 0.781. The van der Waals surface area contributed by atoms with Crippen LogP contribution in [0.25, 0.3) is 0 Å². The molecule has 0 bridgehead atoms. The van der Waals surface area contributed by atoms with Crippen molar-refractivity contribution < 1.29 is 9.18 Å². The summed E-state index contributed by atoms with van der Waals surface area (Å²) in [4.78, 5) is 16.2. The van der Waals surface area contributed by atoms with Crippen molar-refractivity contribution in [3.8, 4) is 0 Å². The van der Waals surface area contributed by atoms with Crippen LogP contribution < -0.4 is 0 Å². The largest absolute Gasteiger partial charge is 0.294 e. The van der Waals surface area contributed by atoms with Crippen molar-refractivity contribution >= 4 is 17.1 Å². The van der Waals surface area contributed by atoms with Crippen LogP contribution >= 0.6 is 11.3 Å². The highest BCUT2D eigenvalue weighted by molar-refractivity contribution is 7.09. The lowest BCUT2D eigenvalue weighted by atomic mass is 10.0. The third kappa shape index (κ3) is 2.77. The molecule has 0 saturated heterocycles. The van der Waals surface area contributed by atoms with Gasteiger partial charge in [0.25, 0.3) is 0 Å². The first-order chi connectivity index (χ1) is 8.06. The van der Waals surface area contributed by atoms with Crippen LogP contribution in [0.2, 0.25) is 0 Å². The zero-order chi connectivity index (χ0) is 12.4. The number of halogens is 1. The Balaban J connectivity index is 2.22. The first-order valence-corrected chi connectivity index (χ1v) is 6.14. The van der Waals surface area contributed by atoms with Gasteiger partial charge in [0.1, 0.15) is 5.82 Å². The lowest BCUT2D eigenvalue weighted by Crippen LogP contribution is -2.06. The van der Waals surface area contributed by atoms with E-state index in [0.29, 0.717) is 5.56 Å². The summed E-state index contributed by atoms with van der Waals surface area (Å²) < 4.78 is 13.1. The number of hydrogen-bond acceptors (Lipinski definition) is 3. The molecule has 0 N–H and O–H groups in total. The molecule has 4 heteroatoms. The lowest BCUT2D eigenvalue weighted by Gasteiger charge is -2.03. The van der Waals surface area contributed by atoms with Gasteiger partial charge in [0, 0.05) is 10.9 Å². The van der Waals surface area contributed by atoms with Gasteiger partial charge < -0.3 is 0 Å². The molecule has 0 atom stereocenters. The SMILES string of the molecule is Cc1nc(CC(=O)c2cc(F)ccc2C)cs1. The van der Waals surface area contributed by atoms with Gasteiger partial charge in [-0.2, -0.15) is 0 Å². The Morgan fingerprint density at radius 3 is 2.82 bits per heavy atom. The molecule has 0 aliphatic carbocycles. The van der Waals surface area contributed by atoms with Crippen molar-refractivity contribution in [2.75, 3.05) is 0 Å². The second-order valence-corrected chi connectivity index (χ2v) is 4.98. The minimum absolute atomic E-state index is 0.0905. The monoisotopic (exact) mass is 249 g/mol. The summed E-state index contributed by atoms with van der Waals surface area (Å²) in [6.45, 7) is 3.70. The molecule has 0 unspecified atom stereocenters. The Kier molecular flexibility index (Phi) is 3.33. The molecule has 0 aliphatic heterocycles. The van der Waals surface area contributed by atoms with Crippen LogP contribution in [-0.4, -0.2) is 10.8 Å². The summed E-state index contributed by atoms with van der Waals surface area (Å²) in [7, 11) is 0. The van der Waals surface area contributed by atoms with Crippen LogP contribution in [0.1, 0.15) is 26.6 Å². The number of thiazole rings is 1. The minimum atomic E-state index is -0.381. The maximum absolute atomic E-state index is 13.1. The van der Waals surface area contributed by atoms with Crippen molar-refractivity contribution in [3.05, 3.63) is 51.2 Å². The predicted octanol–water partition coefficient (Wildman–Crippen LogP) is 3.32. The van der Waals surface area contributed by atoms with Gasteiger partial charge in [0.15, 0.2) is 5.78 Å². The Labute approximate surface area is 103 Å². The van der Waals surface area contributed by atoms with Gasteiger partial charge in [0.05, 0.1) is 17.1 Å². The van der Waals surface area contributed by atoms with Gasteiger partial charge >= 0.3 is 0 Å². The van der Waals surface area contributed by atoms with Crippen LogP contribution in [0.5, 0.6) is 0 Å². The van der Waals surface area contributed by atoms with Crippen molar-refractivity contribution in [2.45, 2.75) is 20.3 Å². The third-order valence-corrected chi connectivity index (χ3v) is 3.33. The predicted molar refractivity (Wildman–Crippen MR) is 66.0 cm³/mol. The van der Waals surface area contributed by atoms with Gasteiger partial charge in [-0.25, -0.2) is 9.37 Å². The second-order valence-electron chi connectivity index (χ2n) is 3.92. The van der Waals surface area contributed by atoms with E-state index in [1.165, 1.54) is 23.5 Å². The van der Waals surface area contributed by atoms with Crippen LogP contribution in [0, 0.1) is 19.7 Å². The molecule has 0 saturated carbocycles. The number of aromatic nitrogens is 1. The molecule has 1 aromatic carbocycles. The first kappa shape index (κ1) is 11.9. The molecule has 1 heterocycles. The third-order valence-electron chi connectivity index (χ3n) is 2.51. The fourth-order valence-electron chi connectivity index (χ4n) is 1.64. The molecular weight excluding hydrogens is 237 g/mol. The van der Waals surface area contributed by atoms with Crippen LogP contribution in [0.4, 0.5) is 4.39 Å². The van der Waals surface area contributed by atoms with Gasteiger partial charge in [-0.15, -0.1) is 11.3 Å². The van der Waals surface area contributed by atoms with Crippen molar-refractivity contribution in [1.29, 1.82) is 0 Å². The smallest absolute Gasteiger partial charge is 0.169 e. The normalized spacial score (nSPS) is 10.5. The zero-order valence-electron chi connectivity index (χ0n) is 9.66. The van der Waals surface area contributed by atoms with Gasteiger partial charge in [0.2, 0.25) is 0 Å². The van der Waals surface area contributed by atoms with E-state index < -0.39 is 0 Å². The van der Waals surface area contributed by atoms with E-state index >= 15 is 0 Å². The second kappa shape index (κ2) is 4.75. The van der Waals surface area contributed by atoms with Crippen LogP contribution in [0.3, 0.4) is 0 Å². The van der Waals surface area contributed by atoms with Gasteiger partial charge in [-0.3, -0.25) is 4.79 Å². The summed E-state index contributed by atoms with van der Waals surface area (Å²) in [6, 6.07) is 4.27. The van der Waals surface area contributed by atoms with Gasteiger partial charge in [-0.05, 0) is 31.5 Å². The average Bonchev–Trinajstić information content (AvgIpc) is 2.67. The van der Waals surface area contributed by atoms with E-state index in [1.807, 2.05) is 12.3 Å². The number of ketones is 1. The summed E-state index contributed by atoms with van der Waals surface area (Å²) in [5.41, 5.74) is 1.99. The molecule has 0 aliphatic rings. The van der Waals surface area contributed by atoms with E-state index in [9.17, 15) is 9.18 Å². The van der Waals surface area contributed by atoms with E-state index in [0.717, 1.165) is 16.3 Å².